The molecule has 1 aliphatic heterocycles. The number of nitrogens with one attached hydrogen (secondary N) is 2. The molecule has 2 N–H and O–H groups in total. The third kappa shape index (κ3) is 3.35. The smallest absolute Gasteiger partial charge is 0.222 e. The van der Waals surface area contributed by atoms with Crippen molar-refractivity contribution in [3.05, 3.63) is 54.5 Å². The number of aromatic amines is 1. The molecule has 0 saturated carbocycles. The van der Waals surface area contributed by atoms with Gasteiger partial charge in [0.25, 0.3) is 0 Å². The van der Waals surface area contributed by atoms with Crippen LogP contribution in [0.5, 0.6) is 0 Å². The Morgan fingerprint density at radius 1 is 1.22 bits per heavy atom. The van der Waals surface area contributed by atoms with Crippen LogP contribution < -0.4 is 5.32 Å². The SMILES string of the molecule is c1cnc(NC2CCCN(Cc3ccc4[nH]ccc4c3)C2)nc1. The highest BCUT2D eigenvalue weighted by Gasteiger charge is 2.20. The molecule has 0 amide bonds. The van der Waals surface area contributed by atoms with E-state index in [0.717, 1.165) is 25.6 Å². The van der Waals surface area contributed by atoms with Crippen molar-refractivity contribution in [2.24, 2.45) is 0 Å². The van der Waals surface area contributed by atoms with E-state index in [0.29, 0.717) is 6.04 Å². The molecule has 1 aliphatic rings. The summed E-state index contributed by atoms with van der Waals surface area (Å²) in [6, 6.07) is 11.1. The van der Waals surface area contributed by atoms with Gasteiger partial charge >= 0.3 is 0 Å². The number of anilines is 1. The third-order valence-corrected chi connectivity index (χ3v) is 4.43. The molecular formula is C18H21N5. The van der Waals surface area contributed by atoms with Crippen molar-refractivity contribution in [3.8, 4) is 0 Å². The van der Waals surface area contributed by atoms with Crippen LogP contribution in [0.2, 0.25) is 0 Å². The molecule has 23 heavy (non-hydrogen) atoms. The zero-order valence-corrected chi connectivity index (χ0v) is 13.1. The number of hydrogen-bond donors (Lipinski definition) is 2. The average Bonchev–Trinajstić information content (AvgIpc) is 3.04. The van der Waals surface area contributed by atoms with Gasteiger partial charge in [0.15, 0.2) is 0 Å². The lowest BCUT2D eigenvalue weighted by Gasteiger charge is -2.33. The number of rotatable bonds is 4. The van der Waals surface area contributed by atoms with E-state index in [2.05, 4.69) is 49.4 Å². The first kappa shape index (κ1) is 14.2. The van der Waals surface area contributed by atoms with E-state index in [1.165, 1.54) is 29.3 Å². The fraction of sp³-hybridized carbons (Fsp3) is 0.333. The summed E-state index contributed by atoms with van der Waals surface area (Å²) in [6.07, 6.45) is 7.93. The summed E-state index contributed by atoms with van der Waals surface area (Å²) >= 11 is 0. The van der Waals surface area contributed by atoms with E-state index < -0.39 is 0 Å². The van der Waals surface area contributed by atoms with Crippen molar-refractivity contribution in [1.29, 1.82) is 0 Å². The van der Waals surface area contributed by atoms with Gasteiger partial charge in [0.05, 0.1) is 0 Å². The standard InChI is InChI=1S/C18H21N5/c1-3-16(22-18-20-7-2-8-21-18)13-23(10-1)12-14-4-5-17-15(11-14)6-9-19-17/h2,4-9,11,16,19H,1,3,10,12-13H2,(H,20,21,22). The fourth-order valence-electron chi connectivity index (χ4n) is 3.33. The Morgan fingerprint density at radius 2 is 2.13 bits per heavy atom. The van der Waals surface area contributed by atoms with Crippen LogP contribution >= 0.6 is 0 Å². The Labute approximate surface area is 135 Å². The molecule has 0 bridgehead atoms. The number of hydrogen-bond acceptors (Lipinski definition) is 4. The number of fused-ring (bicyclic) bond motifs is 1. The second-order valence-electron chi connectivity index (χ2n) is 6.19. The Morgan fingerprint density at radius 3 is 3.04 bits per heavy atom. The Hall–Kier alpha value is -2.40. The van der Waals surface area contributed by atoms with Gasteiger partial charge in [0.2, 0.25) is 5.95 Å². The van der Waals surface area contributed by atoms with Crippen molar-refractivity contribution < 1.29 is 0 Å². The lowest BCUT2D eigenvalue weighted by atomic mass is 10.0. The average molecular weight is 307 g/mol. The van der Waals surface area contributed by atoms with Crippen LogP contribution in [-0.2, 0) is 6.54 Å². The van der Waals surface area contributed by atoms with Crippen molar-refractivity contribution >= 4 is 16.9 Å². The second-order valence-corrected chi connectivity index (χ2v) is 6.19. The van der Waals surface area contributed by atoms with Crippen LogP contribution in [0.25, 0.3) is 10.9 Å². The van der Waals surface area contributed by atoms with Crippen LogP contribution in [0.1, 0.15) is 18.4 Å². The minimum absolute atomic E-state index is 0.419. The maximum absolute atomic E-state index is 4.27. The predicted molar refractivity (Wildman–Crippen MR) is 92.3 cm³/mol. The monoisotopic (exact) mass is 307 g/mol. The molecule has 5 heteroatoms. The zero-order chi connectivity index (χ0) is 15.5. The minimum Gasteiger partial charge on any atom is -0.361 e. The van der Waals surface area contributed by atoms with E-state index in [1.807, 2.05) is 12.3 Å². The number of nitrogens with zero attached hydrogens (tertiary/aromatic N) is 3. The molecule has 0 aliphatic carbocycles. The molecule has 1 aromatic carbocycles. The van der Waals surface area contributed by atoms with E-state index in [-0.39, 0.29) is 0 Å². The summed E-state index contributed by atoms with van der Waals surface area (Å²) in [5, 5.41) is 4.74. The van der Waals surface area contributed by atoms with Gasteiger partial charge in [-0.3, -0.25) is 4.90 Å². The van der Waals surface area contributed by atoms with Crippen molar-refractivity contribution in [2.75, 3.05) is 18.4 Å². The van der Waals surface area contributed by atoms with Crippen molar-refractivity contribution in [1.82, 2.24) is 19.9 Å². The first-order chi connectivity index (χ1) is 11.4. The van der Waals surface area contributed by atoms with Crippen LogP contribution in [0.4, 0.5) is 5.95 Å². The van der Waals surface area contributed by atoms with Gasteiger partial charge in [-0.05, 0) is 54.6 Å². The van der Waals surface area contributed by atoms with Crippen molar-refractivity contribution in [2.45, 2.75) is 25.4 Å². The molecule has 0 spiro atoms. The molecule has 2 aromatic heterocycles. The first-order valence-electron chi connectivity index (χ1n) is 8.19. The highest BCUT2D eigenvalue weighted by atomic mass is 15.2. The zero-order valence-electron chi connectivity index (χ0n) is 13.1. The lowest BCUT2D eigenvalue weighted by molar-refractivity contribution is 0.208. The number of benzene rings is 1. The van der Waals surface area contributed by atoms with Crippen LogP contribution in [0.15, 0.2) is 48.9 Å². The molecule has 1 atom stereocenters. The molecular weight excluding hydrogens is 286 g/mol. The highest BCUT2D eigenvalue weighted by Crippen LogP contribution is 2.19. The Kier molecular flexibility index (Phi) is 3.94. The summed E-state index contributed by atoms with van der Waals surface area (Å²) in [6.45, 7) is 3.18. The summed E-state index contributed by atoms with van der Waals surface area (Å²) in [7, 11) is 0. The van der Waals surface area contributed by atoms with Gasteiger partial charge in [-0.2, -0.15) is 0 Å². The molecule has 1 saturated heterocycles. The van der Waals surface area contributed by atoms with Crippen LogP contribution in [0, 0.1) is 0 Å². The Bertz CT molecular complexity index is 767. The van der Waals surface area contributed by atoms with Crippen molar-refractivity contribution in [3.63, 3.8) is 0 Å². The molecule has 118 valence electrons. The summed E-state index contributed by atoms with van der Waals surface area (Å²) < 4.78 is 0. The number of piperidine rings is 1. The van der Waals surface area contributed by atoms with E-state index in [1.54, 1.807) is 12.4 Å². The first-order valence-corrected chi connectivity index (χ1v) is 8.19. The maximum atomic E-state index is 4.27. The topological polar surface area (TPSA) is 56.8 Å². The van der Waals surface area contributed by atoms with Crippen LogP contribution in [-0.4, -0.2) is 39.0 Å². The molecule has 1 unspecified atom stereocenters. The number of likely N-dealkylation sites (tertiary alicyclic amines) is 1. The molecule has 3 heterocycles. The van der Waals surface area contributed by atoms with E-state index in [9.17, 15) is 0 Å². The fourth-order valence-corrected chi connectivity index (χ4v) is 3.33. The van der Waals surface area contributed by atoms with Gasteiger partial charge < -0.3 is 10.3 Å². The summed E-state index contributed by atoms with van der Waals surface area (Å²) in [4.78, 5) is 14.3. The van der Waals surface area contributed by atoms with Gasteiger partial charge in [-0.25, -0.2) is 9.97 Å². The second kappa shape index (κ2) is 6.38. The maximum Gasteiger partial charge on any atom is 0.222 e. The molecule has 5 nitrogen and oxygen atoms in total. The van der Waals surface area contributed by atoms with Gasteiger partial charge in [0.1, 0.15) is 0 Å². The number of aromatic nitrogens is 3. The quantitative estimate of drug-likeness (QED) is 0.778. The molecule has 1 fully saturated rings. The summed E-state index contributed by atoms with van der Waals surface area (Å²) in [5.74, 6) is 0.730. The minimum atomic E-state index is 0.419. The molecule has 4 rings (SSSR count). The van der Waals surface area contributed by atoms with Gasteiger partial charge in [0, 0.05) is 43.2 Å². The predicted octanol–water partition coefficient (Wildman–Crippen LogP) is 3.03. The number of H-pyrrole nitrogens is 1. The summed E-state index contributed by atoms with van der Waals surface area (Å²) in [5.41, 5.74) is 2.57. The third-order valence-electron chi connectivity index (χ3n) is 4.43. The largest absolute Gasteiger partial charge is 0.361 e. The van der Waals surface area contributed by atoms with E-state index in [4.69, 9.17) is 0 Å². The van der Waals surface area contributed by atoms with E-state index >= 15 is 0 Å². The molecule has 0 radical (unpaired) electrons. The highest BCUT2D eigenvalue weighted by molar-refractivity contribution is 5.79. The van der Waals surface area contributed by atoms with Gasteiger partial charge in [-0.1, -0.05) is 6.07 Å². The van der Waals surface area contributed by atoms with Gasteiger partial charge in [-0.15, -0.1) is 0 Å². The normalized spacial score (nSPS) is 19.0. The molecule has 3 aromatic rings. The van der Waals surface area contributed by atoms with Crippen LogP contribution in [0.3, 0.4) is 0 Å². The Balaban J connectivity index is 1.40. The lowest BCUT2D eigenvalue weighted by Crippen LogP contribution is -2.41.